The maximum atomic E-state index is 12.3. The van der Waals surface area contributed by atoms with E-state index < -0.39 is 28.7 Å². The molecule has 6 heteroatoms. The number of hydrogen-bond donors (Lipinski definition) is 2. The van der Waals surface area contributed by atoms with Gasteiger partial charge in [0.1, 0.15) is 6.04 Å². The van der Waals surface area contributed by atoms with Gasteiger partial charge in [-0.2, -0.15) is 0 Å². The van der Waals surface area contributed by atoms with Gasteiger partial charge in [-0.3, -0.25) is 9.00 Å². The van der Waals surface area contributed by atoms with Crippen LogP contribution in [0.2, 0.25) is 0 Å². The van der Waals surface area contributed by atoms with E-state index in [-0.39, 0.29) is 12.2 Å². The summed E-state index contributed by atoms with van der Waals surface area (Å²) in [6, 6.07) is 13.1. The van der Waals surface area contributed by atoms with Crippen LogP contribution >= 0.6 is 0 Å². The molecule has 0 spiro atoms. The van der Waals surface area contributed by atoms with Crippen LogP contribution in [-0.2, 0) is 15.6 Å². The molecule has 0 fully saturated rings. The fourth-order valence-electron chi connectivity index (χ4n) is 2.52. The first-order chi connectivity index (χ1) is 11.9. The number of hydrogen-bond acceptors (Lipinski definition) is 3. The number of aliphatic carboxylic acids is 1. The Bertz CT molecular complexity index is 769. The van der Waals surface area contributed by atoms with E-state index in [2.05, 4.69) is 5.32 Å². The Morgan fingerprint density at radius 3 is 2.24 bits per heavy atom. The van der Waals surface area contributed by atoms with E-state index in [1.165, 1.54) is 0 Å². The first kappa shape index (κ1) is 18.9. The Morgan fingerprint density at radius 2 is 1.68 bits per heavy atom. The lowest BCUT2D eigenvalue weighted by molar-refractivity contribution is -0.139. The molecule has 0 aliphatic rings. The average Bonchev–Trinajstić information content (AvgIpc) is 2.57. The highest BCUT2D eigenvalue weighted by molar-refractivity contribution is 7.85. The minimum Gasteiger partial charge on any atom is -0.480 e. The molecule has 2 aromatic rings. The standard InChI is InChI=1S/C19H21NO4S/c1-13-10-14(2)12-15(11-13)18(21)20-17(19(22)23)8-9-25(24)16-6-4-3-5-7-16/h3-7,10-12,17H,8-9H2,1-2H3,(H,20,21)(H,22,23)/t17-,25+/m0/s1. The molecule has 0 heterocycles. The van der Waals surface area contributed by atoms with Crippen LogP contribution in [0.3, 0.4) is 0 Å². The van der Waals surface area contributed by atoms with Gasteiger partial charge in [-0.1, -0.05) is 35.4 Å². The Hall–Kier alpha value is -2.47. The highest BCUT2D eigenvalue weighted by Crippen LogP contribution is 2.11. The Kier molecular flexibility index (Phi) is 6.47. The van der Waals surface area contributed by atoms with Crippen molar-refractivity contribution in [3.63, 3.8) is 0 Å². The van der Waals surface area contributed by atoms with Gasteiger partial charge in [0, 0.05) is 16.2 Å². The molecule has 0 saturated carbocycles. The van der Waals surface area contributed by atoms with Crippen LogP contribution in [0.5, 0.6) is 0 Å². The van der Waals surface area contributed by atoms with Crippen molar-refractivity contribution in [1.29, 1.82) is 0 Å². The monoisotopic (exact) mass is 359 g/mol. The summed E-state index contributed by atoms with van der Waals surface area (Å²) in [5.74, 6) is -1.42. The zero-order chi connectivity index (χ0) is 18.4. The van der Waals surface area contributed by atoms with Crippen molar-refractivity contribution in [2.75, 3.05) is 5.75 Å². The van der Waals surface area contributed by atoms with Crippen molar-refractivity contribution in [1.82, 2.24) is 5.32 Å². The van der Waals surface area contributed by atoms with Crippen LogP contribution in [0, 0.1) is 13.8 Å². The zero-order valence-electron chi connectivity index (χ0n) is 14.2. The smallest absolute Gasteiger partial charge is 0.326 e. The molecule has 132 valence electrons. The Labute approximate surface area is 149 Å². The molecule has 1 amide bonds. The summed E-state index contributed by atoms with van der Waals surface area (Å²) in [7, 11) is -1.30. The van der Waals surface area contributed by atoms with Gasteiger partial charge < -0.3 is 10.4 Å². The third-order valence-corrected chi connectivity index (χ3v) is 5.09. The fourth-order valence-corrected chi connectivity index (χ4v) is 3.67. The van der Waals surface area contributed by atoms with Gasteiger partial charge >= 0.3 is 5.97 Å². The second-order valence-corrected chi connectivity index (χ2v) is 7.46. The molecule has 0 bridgehead atoms. The average molecular weight is 359 g/mol. The van der Waals surface area contributed by atoms with Crippen LogP contribution in [-0.4, -0.2) is 33.0 Å². The van der Waals surface area contributed by atoms with E-state index in [9.17, 15) is 18.9 Å². The van der Waals surface area contributed by atoms with Crippen LogP contribution in [0.1, 0.15) is 27.9 Å². The SMILES string of the molecule is Cc1cc(C)cc(C(=O)N[C@@H](CC[S@@](=O)c2ccccc2)C(=O)O)c1. The second-order valence-electron chi connectivity index (χ2n) is 5.89. The third kappa shape index (κ3) is 5.53. The summed E-state index contributed by atoms with van der Waals surface area (Å²) in [6.07, 6.45) is 0.0907. The number of nitrogens with one attached hydrogen (secondary N) is 1. The highest BCUT2D eigenvalue weighted by Gasteiger charge is 2.22. The topological polar surface area (TPSA) is 83.5 Å². The summed E-state index contributed by atoms with van der Waals surface area (Å²) >= 11 is 0. The lowest BCUT2D eigenvalue weighted by atomic mass is 10.1. The van der Waals surface area contributed by atoms with Gasteiger partial charge in [-0.25, -0.2) is 4.79 Å². The molecule has 0 saturated heterocycles. The van der Waals surface area contributed by atoms with Crippen LogP contribution in [0.25, 0.3) is 0 Å². The van der Waals surface area contributed by atoms with E-state index in [0.29, 0.717) is 10.5 Å². The first-order valence-corrected chi connectivity index (χ1v) is 9.24. The minimum atomic E-state index is -1.30. The van der Waals surface area contributed by atoms with Crippen LogP contribution < -0.4 is 5.32 Å². The molecule has 0 aliphatic heterocycles. The Balaban J connectivity index is 2.02. The molecule has 25 heavy (non-hydrogen) atoms. The number of aryl methyl sites for hydroxylation is 2. The lowest BCUT2D eigenvalue weighted by Crippen LogP contribution is -2.41. The van der Waals surface area contributed by atoms with Crippen molar-refractivity contribution in [3.8, 4) is 0 Å². The number of rotatable bonds is 7. The van der Waals surface area contributed by atoms with Gasteiger partial charge in [-0.05, 0) is 44.5 Å². The van der Waals surface area contributed by atoms with E-state index >= 15 is 0 Å². The number of benzene rings is 2. The first-order valence-electron chi connectivity index (χ1n) is 7.92. The van der Waals surface area contributed by atoms with Gasteiger partial charge in [0.15, 0.2) is 0 Å². The van der Waals surface area contributed by atoms with Gasteiger partial charge in [-0.15, -0.1) is 0 Å². The third-order valence-electron chi connectivity index (χ3n) is 3.69. The van der Waals surface area contributed by atoms with Gasteiger partial charge in [0.05, 0.1) is 10.8 Å². The number of carbonyl (C=O) groups is 2. The van der Waals surface area contributed by atoms with E-state index in [1.807, 2.05) is 26.0 Å². The van der Waals surface area contributed by atoms with Crippen molar-refractivity contribution in [2.45, 2.75) is 31.2 Å². The number of carbonyl (C=O) groups excluding carboxylic acids is 1. The molecule has 0 aliphatic carbocycles. The lowest BCUT2D eigenvalue weighted by Gasteiger charge is -2.15. The van der Waals surface area contributed by atoms with Crippen molar-refractivity contribution in [2.24, 2.45) is 0 Å². The number of carboxylic acid groups (broad SMARTS) is 1. The molecule has 2 aromatic carbocycles. The molecule has 2 N–H and O–H groups in total. The molecule has 5 nitrogen and oxygen atoms in total. The zero-order valence-corrected chi connectivity index (χ0v) is 15.0. The summed E-state index contributed by atoms with van der Waals surface area (Å²) in [5.41, 5.74) is 2.29. The predicted octanol–water partition coefficient (Wildman–Crippen LogP) is 2.68. The quantitative estimate of drug-likeness (QED) is 0.796. The number of amides is 1. The van der Waals surface area contributed by atoms with E-state index in [4.69, 9.17) is 0 Å². The summed E-state index contributed by atoms with van der Waals surface area (Å²) in [6.45, 7) is 3.75. The van der Waals surface area contributed by atoms with Crippen molar-refractivity contribution < 1.29 is 18.9 Å². The van der Waals surface area contributed by atoms with E-state index in [1.54, 1.807) is 36.4 Å². The molecular weight excluding hydrogens is 338 g/mol. The van der Waals surface area contributed by atoms with Crippen molar-refractivity contribution in [3.05, 3.63) is 65.2 Å². The maximum absolute atomic E-state index is 12.3. The number of carboxylic acids is 1. The van der Waals surface area contributed by atoms with Gasteiger partial charge in [0.25, 0.3) is 5.91 Å². The molecular formula is C19H21NO4S. The van der Waals surface area contributed by atoms with Crippen molar-refractivity contribution >= 4 is 22.7 Å². The minimum absolute atomic E-state index is 0.0907. The normalized spacial score (nSPS) is 13.0. The molecule has 2 atom stereocenters. The highest BCUT2D eigenvalue weighted by atomic mass is 32.2. The molecule has 0 unspecified atom stereocenters. The van der Waals surface area contributed by atoms with Crippen LogP contribution in [0.15, 0.2) is 53.4 Å². The molecule has 0 radical (unpaired) electrons. The second kappa shape index (κ2) is 8.58. The Morgan fingerprint density at radius 1 is 1.08 bits per heavy atom. The van der Waals surface area contributed by atoms with E-state index in [0.717, 1.165) is 11.1 Å². The maximum Gasteiger partial charge on any atom is 0.326 e. The van der Waals surface area contributed by atoms with Crippen LogP contribution in [0.4, 0.5) is 0 Å². The summed E-state index contributed by atoms with van der Waals surface area (Å²) in [5, 5.41) is 11.9. The molecule has 0 aromatic heterocycles. The fraction of sp³-hybridized carbons (Fsp3) is 0.263. The summed E-state index contributed by atoms with van der Waals surface area (Å²) in [4.78, 5) is 24.4. The largest absolute Gasteiger partial charge is 0.480 e. The predicted molar refractivity (Wildman–Crippen MR) is 97.1 cm³/mol. The molecule has 2 rings (SSSR count). The summed E-state index contributed by atoms with van der Waals surface area (Å²) < 4.78 is 12.2. The van der Waals surface area contributed by atoms with Gasteiger partial charge in [0.2, 0.25) is 0 Å².